The van der Waals surface area contributed by atoms with Gasteiger partial charge in [0.15, 0.2) is 0 Å². The van der Waals surface area contributed by atoms with E-state index in [1.54, 1.807) is 48.5 Å². The van der Waals surface area contributed by atoms with Crippen molar-refractivity contribution in [2.45, 2.75) is 0 Å². The molecule has 3 amide bonds. The Morgan fingerprint density at radius 3 is 2.31 bits per heavy atom. The van der Waals surface area contributed by atoms with Crippen LogP contribution in [0.3, 0.4) is 0 Å². The van der Waals surface area contributed by atoms with Crippen LogP contribution in [-0.2, 0) is 0 Å². The Kier molecular flexibility index (Phi) is 6.31. The van der Waals surface area contributed by atoms with Crippen LogP contribution in [0.2, 0.25) is 5.02 Å². The molecule has 6 nitrogen and oxygen atoms in total. The largest absolute Gasteiger partial charge is 0.457 e. The molecule has 8 heteroatoms. The van der Waals surface area contributed by atoms with E-state index in [9.17, 15) is 14.0 Å². The van der Waals surface area contributed by atoms with E-state index in [1.165, 1.54) is 19.2 Å². The predicted molar refractivity (Wildman–Crippen MR) is 110 cm³/mol. The summed E-state index contributed by atoms with van der Waals surface area (Å²) in [4.78, 5) is 23.8. The zero-order valence-corrected chi connectivity index (χ0v) is 16.1. The molecule has 0 aromatic heterocycles. The molecule has 148 valence electrons. The molecule has 0 aliphatic carbocycles. The van der Waals surface area contributed by atoms with Crippen molar-refractivity contribution in [1.29, 1.82) is 0 Å². The van der Waals surface area contributed by atoms with Crippen molar-refractivity contribution in [3.8, 4) is 11.5 Å². The second-order valence-corrected chi connectivity index (χ2v) is 6.31. The lowest BCUT2D eigenvalue weighted by atomic mass is 10.2. The molecule has 0 heterocycles. The van der Waals surface area contributed by atoms with Crippen LogP contribution in [0.25, 0.3) is 0 Å². The second-order valence-electron chi connectivity index (χ2n) is 5.91. The van der Waals surface area contributed by atoms with Crippen molar-refractivity contribution >= 4 is 34.9 Å². The quantitative estimate of drug-likeness (QED) is 0.532. The first-order chi connectivity index (χ1) is 14.0. The molecular formula is C21H17ClFN3O3. The zero-order chi connectivity index (χ0) is 20.8. The van der Waals surface area contributed by atoms with Gasteiger partial charge in [-0.25, -0.2) is 9.18 Å². The van der Waals surface area contributed by atoms with E-state index in [0.717, 1.165) is 6.07 Å². The topological polar surface area (TPSA) is 79.5 Å². The Morgan fingerprint density at radius 1 is 0.931 bits per heavy atom. The molecule has 0 radical (unpaired) electrons. The maximum absolute atomic E-state index is 13.7. The van der Waals surface area contributed by atoms with Gasteiger partial charge in [0.2, 0.25) is 0 Å². The van der Waals surface area contributed by atoms with Crippen LogP contribution >= 0.6 is 11.6 Å². The maximum Gasteiger partial charge on any atom is 0.323 e. The molecule has 29 heavy (non-hydrogen) atoms. The van der Waals surface area contributed by atoms with E-state index in [0.29, 0.717) is 27.9 Å². The number of carbonyl (C=O) groups excluding carboxylic acids is 2. The van der Waals surface area contributed by atoms with E-state index >= 15 is 0 Å². The number of urea groups is 1. The van der Waals surface area contributed by atoms with Crippen molar-refractivity contribution in [2.75, 3.05) is 17.7 Å². The highest BCUT2D eigenvalue weighted by atomic mass is 35.5. The van der Waals surface area contributed by atoms with Crippen LogP contribution in [0.15, 0.2) is 66.7 Å². The monoisotopic (exact) mass is 413 g/mol. The number of para-hydroxylation sites is 1. The SMILES string of the molecule is CNC(=O)c1cc(Oc2ccc(NC(=O)Nc3ccccc3Cl)cc2)ccc1F. The third-order valence-corrected chi connectivity index (χ3v) is 4.21. The molecule has 0 aliphatic rings. The van der Waals surface area contributed by atoms with Crippen LogP contribution in [0.5, 0.6) is 11.5 Å². The predicted octanol–water partition coefficient (Wildman–Crippen LogP) is 5.28. The van der Waals surface area contributed by atoms with Crippen molar-refractivity contribution in [3.05, 3.63) is 83.1 Å². The maximum atomic E-state index is 13.7. The van der Waals surface area contributed by atoms with Crippen molar-refractivity contribution < 1.29 is 18.7 Å². The van der Waals surface area contributed by atoms with Gasteiger partial charge >= 0.3 is 6.03 Å². The average molecular weight is 414 g/mol. The van der Waals surface area contributed by atoms with Crippen molar-refractivity contribution in [3.63, 3.8) is 0 Å². The van der Waals surface area contributed by atoms with E-state index in [1.807, 2.05) is 0 Å². The highest BCUT2D eigenvalue weighted by molar-refractivity contribution is 6.33. The third-order valence-electron chi connectivity index (χ3n) is 3.88. The molecular weight excluding hydrogens is 397 g/mol. The number of anilines is 2. The van der Waals surface area contributed by atoms with Gasteiger partial charge in [-0.2, -0.15) is 0 Å². The fourth-order valence-electron chi connectivity index (χ4n) is 2.47. The summed E-state index contributed by atoms with van der Waals surface area (Å²) in [5.74, 6) is -0.420. The summed E-state index contributed by atoms with van der Waals surface area (Å²) in [5.41, 5.74) is 0.918. The lowest BCUT2D eigenvalue weighted by Gasteiger charge is -2.11. The normalized spacial score (nSPS) is 10.2. The molecule has 3 N–H and O–H groups in total. The van der Waals surface area contributed by atoms with Crippen LogP contribution in [-0.4, -0.2) is 19.0 Å². The molecule has 0 fully saturated rings. The number of nitrogens with one attached hydrogen (secondary N) is 3. The fraction of sp³-hybridized carbons (Fsp3) is 0.0476. The first-order valence-electron chi connectivity index (χ1n) is 8.58. The van der Waals surface area contributed by atoms with Gasteiger partial charge in [-0.15, -0.1) is 0 Å². The van der Waals surface area contributed by atoms with Gasteiger partial charge in [0.25, 0.3) is 5.91 Å². The first kappa shape index (κ1) is 20.2. The molecule has 3 rings (SSSR count). The van der Waals surface area contributed by atoms with Gasteiger partial charge in [-0.05, 0) is 54.6 Å². The van der Waals surface area contributed by atoms with Gasteiger partial charge in [-0.1, -0.05) is 23.7 Å². The number of hydrogen-bond acceptors (Lipinski definition) is 3. The fourth-order valence-corrected chi connectivity index (χ4v) is 2.65. The van der Waals surface area contributed by atoms with E-state index in [2.05, 4.69) is 16.0 Å². The number of benzene rings is 3. The molecule has 0 atom stereocenters. The van der Waals surface area contributed by atoms with Crippen LogP contribution in [0.4, 0.5) is 20.6 Å². The Morgan fingerprint density at radius 2 is 1.62 bits per heavy atom. The molecule has 3 aromatic rings. The van der Waals surface area contributed by atoms with Gasteiger partial charge in [0.05, 0.1) is 16.3 Å². The number of rotatable bonds is 5. The summed E-state index contributed by atoms with van der Waals surface area (Å²) in [6.45, 7) is 0. The standard InChI is InChI=1S/C21H17ClFN3O3/c1-24-20(27)16-12-15(10-11-18(16)23)29-14-8-6-13(7-9-14)25-21(28)26-19-5-3-2-4-17(19)22/h2-12H,1H3,(H,24,27)(H2,25,26,28). The van der Waals surface area contributed by atoms with Crippen LogP contribution in [0.1, 0.15) is 10.4 Å². The Bertz CT molecular complexity index is 1040. The highest BCUT2D eigenvalue weighted by Gasteiger charge is 2.12. The minimum absolute atomic E-state index is 0.112. The Balaban J connectivity index is 1.64. The molecule has 0 unspecified atom stereocenters. The highest BCUT2D eigenvalue weighted by Crippen LogP contribution is 2.25. The van der Waals surface area contributed by atoms with Crippen molar-refractivity contribution in [1.82, 2.24) is 5.32 Å². The number of ether oxygens (including phenoxy) is 1. The van der Waals surface area contributed by atoms with Crippen LogP contribution in [0, 0.1) is 5.82 Å². The Hall–Kier alpha value is -3.58. The summed E-state index contributed by atoms with van der Waals surface area (Å²) in [6, 6.07) is 16.9. The summed E-state index contributed by atoms with van der Waals surface area (Å²) < 4.78 is 19.4. The summed E-state index contributed by atoms with van der Waals surface area (Å²) in [6.07, 6.45) is 0. The number of amides is 3. The summed E-state index contributed by atoms with van der Waals surface area (Å²) >= 11 is 6.01. The molecule has 0 saturated carbocycles. The number of carbonyl (C=O) groups is 2. The summed E-state index contributed by atoms with van der Waals surface area (Å²) in [7, 11) is 1.42. The lowest BCUT2D eigenvalue weighted by molar-refractivity contribution is 0.0958. The second kappa shape index (κ2) is 9.07. The Labute approximate surface area is 171 Å². The van der Waals surface area contributed by atoms with Gasteiger partial charge < -0.3 is 20.7 Å². The molecule has 0 spiro atoms. The van der Waals surface area contributed by atoms with E-state index in [-0.39, 0.29) is 5.56 Å². The van der Waals surface area contributed by atoms with Gasteiger partial charge in [0.1, 0.15) is 17.3 Å². The first-order valence-corrected chi connectivity index (χ1v) is 8.96. The third kappa shape index (κ3) is 5.24. The van der Waals surface area contributed by atoms with E-state index < -0.39 is 17.8 Å². The smallest absolute Gasteiger partial charge is 0.323 e. The molecule has 0 bridgehead atoms. The average Bonchev–Trinajstić information content (AvgIpc) is 2.72. The zero-order valence-electron chi connectivity index (χ0n) is 15.3. The van der Waals surface area contributed by atoms with Gasteiger partial charge in [-0.3, -0.25) is 4.79 Å². The van der Waals surface area contributed by atoms with Crippen LogP contribution < -0.4 is 20.7 Å². The number of hydrogen-bond donors (Lipinski definition) is 3. The minimum Gasteiger partial charge on any atom is -0.457 e. The molecule has 3 aromatic carbocycles. The minimum atomic E-state index is -0.638. The van der Waals surface area contributed by atoms with Crippen molar-refractivity contribution in [2.24, 2.45) is 0 Å². The van der Waals surface area contributed by atoms with E-state index in [4.69, 9.17) is 16.3 Å². The number of halogens is 2. The molecule has 0 saturated heterocycles. The molecule has 0 aliphatic heterocycles. The lowest BCUT2D eigenvalue weighted by Crippen LogP contribution is -2.19. The summed E-state index contributed by atoms with van der Waals surface area (Å²) in [5, 5.41) is 8.14. The van der Waals surface area contributed by atoms with Gasteiger partial charge in [0, 0.05) is 12.7 Å².